The molecule has 0 atom stereocenters. The molecule has 1 aromatic heterocycles. The molecule has 3 aromatic rings. The summed E-state index contributed by atoms with van der Waals surface area (Å²) in [6, 6.07) is 14.5. The lowest BCUT2D eigenvalue weighted by Crippen LogP contribution is -2.35. The molecule has 0 unspecified atom stereocenters. The molecular formula is C22H21F2N5O. The van der Waals surface area contributed by atoms with Crippen LogP contribution in [0.3, 0.4) is 0 Å². The lowest BCUT2D eigenvalue weighted by molar-refractivity contribution is 0.0761. The second kappa shape index (κ2) is 8.59. The van der Waals surface area contributed by atoms with Crippen LogP contribution in [0.25, 0.3) is 11.0 Å². The molecule has 1 aliphatic rings. The first-order valence-electron chi connectivity index (χ1n) is 9.82. The van der Waals surface area contributed by atoms with E-state index in [0.717, 1.165) is 31.6 Å². The maximum absolute atomic E-state index is 13.0. The molecule has 8 heteroatoms. The fourth-order valence-corrected chi connectivity index (χ4v) is 3.72. The Morgan fingerprint density at radius 2 is 1.93 bits per heavy atom. The number of rotatable bonds is 4. The molecule has 0 bridgehead atoms. The number of aromatic nitrogens is 2. The highest BCUT2D eigenvalue weighted by Crippen LogP contribution is 2.21. The molecule has 6 nitrogen and oxygen atoms in total. The number of benzene rings is 2. The SMILES string of the molecule is N#Cc1ccc(CN2CCCN(C(=O)c3ccc4nc(C(F)F)[nH]c4c3)CC2)cc1. The number of aromatic amines is 1. The summed E-state index contributed by atoms with van der Waals surface area (Å²) in [7, 11) is 0. The Morgan fingerprint density at radius 3 is 2.67 bits per heavy atom. The Morgan fingerprint density at radius 1 is 1.13 bits per heavy atom. The van der Waals surface area contributed by atoms with E-state index >= 15 is 0 Å². The number of halogens is 2. The van der Waals surface area contributed by atoms with Crippen molar-refractivity contribution in [2.75, 3.05) is 26.2 Å². The predicted molar refractivity (Wildman–Crippen MR) is 108 cm³/mol. The molecule has 2 aromatic carbocycles. The summed E-state index contributed by atoms with van der Waals surface area (Å²) in [6.07, 6.45) is -1.83. The number of nitriles is 1. The monoisotopic (exact) mass is 409 g/mol. The van der Waals surface area contributed by atoms with Crippen LogP contribution < -0.4 is 0 Å². The quantitative estimate of drug-likeness (QED) is 0.713. The number of imidazole rings is 1. The zero-order valence-corrected chi connectivity index (χ0v) is 16.3. The molecule has 154 valence electrons. The van der Waals surface area contributed by atoms with Gasteiger partial charge in [0.2, 0.25) is 0 Å². The van der Waals surface area contributed by atoms with Gasteiger partial charge in [0.05, 0.1) is 22.7 Å². The van der Waals surface area contributed by atoms with Crippen LogP contribution in [0.15, 0.2) is 42.5 Å². The summed E-state index contributed by atoms with van der Waals surface area (Å²) in [4.78, 5) is 23.5. The number of alkyl halides is 2. The van der Waals surface area contributed by atoms with Gasteiger partial charge in [-0.05, 0) is 42.3 Å². The third kappa shape index (κ3) is 4.31. The fraction of sp³-hybridized carbons (Fsp3) is 0.318. The van der Waals surface area contributed by atoms with Gasteiger partial charge < -0.3 is 9.88 Å². The molecule has 2 heterocycles. The largest absolute Gasteiger partial charge is 0.337 e. The lowest BCUT2D eigenvalue weighted by atomic mass is 10.1. The third-order valence-electron chi connectivity index (χ3n) is 5.32. The molecule has 1 fully saturated rings. The first-order chi connectivity index (χ1) is 14.5. The van der Waals surface area contributed by atoms with E-state index in [1.165, 1.54) is 0 Å². The Hall–Kier alpha value is -3.31. The number of nitrogens with one attached hydrogen (secondary N) is 1. The smallest absolute Gasteiger partial charge is 0.295 e. The number of hydrogen-bond acceptors (Lipinski definition) is 4. The molecule has 0 saturated carbocycles. The highest BCUT2D eigenvalue weighted by atomic mass is 19.3. The Kier molecular flexibility index (Phi) is 5.72. The number of fused-ring (bicyclic) bond motifs is 1. The normalized spacial score (nSPS) is 15.3. The highest BCUT2D eigenvalue weighted by molar-refractivity contribution is 5.97. The third-order valence-corrected chi connectivity index (χ3v) is 5.32. The van der Waals surface area contributed by atoms with Crippen LogP contribution in [0.2, 0.25) is 0 Å². The van der Waals surface area contributed by atoms with Crippen LogP contribution >= 0.6 is 0 Å². The number of carbonyl (C=O) groups excluding carboxylic acids is 1. The Balaban J connectivity index is 1.41. The van der Waals surface area contributed by atoms with Crippen molar-refractivity contribution >= 4 is 16.9 Å². The zero-order valence-electron chi connectivity index (χ0n) is 16.3. The molecular weight excluding hydrogens is 388 g/mol. The Bertz CT molecular complexity index is 1090. The van der Waals surface area contributed by atoms with Crippen molar-refractivity contribution < 1.29 is 13.6 Å². The maximum Gasteiger partial charge on any atom is 0.295 e. The van der Waals surface area contributed by atoms with Gasteiger partial charge in [0.25, 0.3) is 12.3 Å². The summed E-state index contributed by atoms with van der Waals surface area (Å²) in [5.74, 6) is -0.492. The summed E-state index contributed by atoms with van der Waals surface area (Å²) in [5.41, 5.74) is 3.10. The fourth-order valence-electron chi connectivity index (χ4n) is 3.72. The first kappa shape index (κ1) is 20.0. The molecule has 0 aliphatic carbocycles. The van der Waals surface area contributed by atoms with Crippen LogP contribution in [-0.4, -0.2) is 51.9 Å². The number of H-pyrrole nitrogens is 1. The molecule has 0 radical (unpaired) electrons. The van der Waals surface area contributed by atoms with Crippen molar-refractivity contribution in [1.29, 1.82) is 5.26 Å². The van der Waals surface area contributed by atoms with Gasteiger partial charge in [0, 0.05) is 38.3 Å². The van der Waals surface area contributed by atoms with Gasteiger partial charge in [0.15, 0.2) is 5.82 Å². The zero-order chi connectivity index (χ0) is 21.1. The van der Waals surface area contributed by atoms with E-state index in [1.807, 2.05) is 29.2 Å². The minimum atomic E-state index is -2.68. The molecule has 4 rings (SSSR count). The van der Waals surface area contributed by atoms with Crippen LogP contribution in [0.5, 0.6) is 0 Å². The van der Waals surface area contributed by atoms with Gasteiger partial charge in [-0.25, -0.2) is 13.8 Å². The lowest BCUT2D eigenvalue weighted by Gasteiger charge is -2.22. The van der Waals surface area contributed by atoms with Gasteiger partial charge in [-0.2, -0.15) is 5.26 Å². The van der Waals surface area contributed by atoms with Gasteiger partial charge >= 0.3 is 0 Å². The van der Waals surface area contributed by atoms with E-state index in [9.17, 15) is 13.6 Å². The van der Waals surface area contributed by atoms with Gasteiger partial charge in [-0.15, -0.1) is 0 Å². The summed E-state index contributed by atoms with van der Waals surface area (Å²) >= 11 is 0. The summed E-state index contributed by atoms with van der Waals surface area (Å²) in [5, 5.41) is 8.91. The number of amides is 1. The van der Waals surface area contributed by atoms with Crippen molar-refractivity contribution in [2.45, 2.75) is 19.4 Å². The van der Waals surface area contributed by atoms with Gasteiger partial charge in [-0.1, -0.05) is 12.1 Å². The predicted octanol–water partition coefficient (Wildman–Crippen LogP) is 3.72. The van der Waals surface area contributed by atoms with Crippen molar-refractivity contribution in [2.24, 2.45) is 0 Å². The van der Waals surface area contributed by atoms with Crippen LogP contribution in [0, 0.1) is 11.3 Å². The average Bonchev–Trinajstić information content (AvgIpc) is 3.06. The van der Waals surface area contributed by atoms with E-state index in [4.69, 9.17) is 5.26 Å². The highest BCUT2D eigenvalue weighted by Gasteiger charge is 2.21. The molecule has 1 N–H and O–H groups in total. The Labute approximate surface area is 172 Å². The van der Waals surface area contributed by atoms with Gasteiger partial charge in [0.1, 0.15) is 0 Å². The summed E-state index contributed by atoms with van der Waals surface area (Å²) in [6.45, 7) is 3.63. The van der Waals surface area contributed by atoms with E-state index in [2.05, 4.69) is 20.9 Å². The number of nitrogens with zero attached hydrogens (tertiary/aromatic N) is 4. The standard InChI is InChI=1S/C22H21F2N5O/c23-20(24)21-26-18-7-6-17(12-19(18)27-21)22(30)29-9-1-8-28(10-11-29)14-16-4-2-15(13-25)3-5-16/h2-7,12,20H,1,8-11,14H2,(H,26,27). The van der Waals surface area contributed by atoms with E-state index in [-0.39, 0.29) is 11.7 Å². The molecule has 1 saturated heterocycles. The van der Waals surface area contributed by atoms with Crippen molar-refractivity contribution in [3.8, 4) is 6.07 Å². The average molecular weight is 409 g/mol. The van der Waals surface area contributed by atoms with Crippen LogP contribution in [0.1, 0.15) is 40.2 Å². The molecule has 30 heavy (non-hydrogen) atoms. The minimum Gasteiger partial charge on any atom is -0.337 e. The van der Waals surface area contributed by atoms with Crippen LogP contribution in [0.4, 0.5) is 8.78 Å². The second-order valence-electron chi connectivity index (χ2n) is 7.39. The van der Waals surface area contributed by atoms with E-state index in [1.54, 1.807) is 18.2 Å². The first-order valence-corrected chi connectivity index (χ1v) is 9.82. The van der Waals surface area contributed by atoms with Crippen molar-refractivity contribution in [3.05, 3.63) is 65.0 Å². The van der Waals surface area contributed by atoms with Crippen molar-refractivity contribution in [3.63, 3.8) is 0 Å². The van der Waals surface area contributed by atoms with Gasteiger partial charge in [-0.3, -0.25) is 9.69 Å². The number of hydrogen-bond donors (Lipinski definition) is 1. The topological polar surface area (TPSA) is 76.0 Å². The number of carbonyl (C=O) groups is 1. The second-order valence-corrected chi connectivity index (χ2v) is 7.39. The maximum atomic E-state index is 13.0. The van der Waals surface area contributed by atoms with E-state index in [0.29, 0.717) is 35.2 Å². The molecule has 1 amide bonds. The molecule has 1 aliphatic heterocycles. The minimum absolute atomic E-state index is 0.106. The summed E-state index contributed by atoms with van der Waals surface area (Å²) < 4.78 is 25.7. The van der Waals surface area contributed by atoms with Crippen LogP contribution in [-0.2, 0) is 6.54 Å². The molecule has 0 spiro atoms. The van der Waals surface area contributed by atoms with Crippen molar-refractivity contribution in [1.82, 2.24) is 19.8 Å². The van der Waals surface area contributed by atoms with E-state index < -0.39 is 6.43 Å².